The quantitative estimate of drug-likeness (QED) is 0.259. The average molecular weight is 454 g/mol. The largest absolute Gasteiger partial charge is 0.394 e. The normalized spacial score (nSPS) is 45.8. The summed E-state index contributed by atoms with van der Waals surface area (Å²) in [6.07, 6.45) is -7.06. The Kier molecular flexibility index (Phi) is 9.60. The molecule has 6 saturated heterocycles. The SMILES string of the molecule is NCCSCC1O[C@H]2OCCCCCC3C(CO)O[C@@H](OC1C(O)C2O)C(O)C3O. The van der Waals surface area contributed by atoms with Crippen molar-refractivity contribution >= 4 is 11.8 Å². The van der Waals surface area contributed by atoms with Crippen LogP contribution in [-0.2, 0) is 18.9 Å². The number of rotatable bonds is 5. The minimum Gasteiger partial charge on any atom is -0.394 e. The second kappa shape index (κ2) is 11.7. The first-order valence-corrected chi connectivity index (χ1v) is 11.8. The van der Waals surface area contributed by atoms with Crippen molar-refractivity contribution in [3.05, 3.63) is 0 Å². The monoisotopic (exact) mass is 453 g/mol. The lowest BCUT2D eigenvalue weighted by Gasteiger charge is -2.47. The van der Waals surface area contributed by atoms with Gasteiger partial charge in [-0.25, -0.2) is 0 Å². The summed E-state index contributed by atoms with van der Waals surface area (Å²) in [6, 6.07) is 0. The first-order valence-electron chi connectivity index (χ1n) is 10.7. The summed E-state index contributed by atoms with van der Waals surface area (Å²) in [5.41, 5.74) is 5.56. The number of thioether (sulfide) groups is 1. The topological polar surface area (TPSA) is 164 Å². The van der Waals surface area contributed by atoms with Crippen LogP contribution in [0, 0.1) is 5.92 Å². The van der Waals surface area contributed by atoms with Gasteiger partial charge < -0.3 is 50.2 Å². The van der Waals surface area contributed by atoms with E-state index in [-0.39, 0.29) is 6.61 Å². The highest BCUT2D eigenvalue weighted by molar-refractivity contribution is 7.99. The lowest BCUT2D eigenvalue weighted by atomic mass is 9.85. The fraction of sp³-hybridized carbons (Fsp3) is 1.00. The standard InChI is InChI=1S/C19H35NO9S/c20-5-7-30-9-12-17-14(23)16(25)18(28-12)26-6-3-1-2-4-10-11(8-21)27-19(29-17)15(24)13(10)22/h10-19,21-25H,1-9,20H2/t10?,11?,12?,13?,14?,15?,16?,17?,18-,19+/m1/s1. The molecule has 6 aliphatic rings. The fourth-order valence-electron chi connectivity index (χ4n) is 4.28. The Balaban J connectivity index is 1.84. The summed E-state index contributed by atoms with van der Waals surface area (Å²) in [7, 11) is 0. The molecule has 0 spiro atoms. The molecule has 0 radical (unpaired) electrons. The van der Waals surface area contributed by atoms with E-state index in [1.807, 2.05) is 0 Å². The van der Waals surface area contributed by atoms with E-state index in [0.717, 1.165) is 12.8 Å². The van der Waals surface area contributed by atoms with E-state index in [4.69, 9.17) is 24.7 Å². The third-order valence-electron chi connectivity index (χ3n) is 5.97. The Morgan fingerprint density at radius 2 is 1.57 bits per heavy atom. The van der Waals surface area contributed by atoms with Crippen molar-refractivity contribution in [3.8, 4) is 0 Å². The number of hydrogen-bond donors (Lipinski definition) is 6. The molecule has 10 nitrogen and oxygen atoms in total. The second-order valence-corrected chi connectivity index (χ2v) is 9.23. The zero-order valence-corrected chi connectivity index (χ0v) is 17.8. The van der Waals surface area contributed by atoms with Crippen LogP contribution in [0.5, 0.6) is 0 Å². The summed E-state index contributed by atoms with van der Waals surface area (Å²) >= 11 is 1.50. The molecule has 0 aromatic heterocycles. The van der Waals surface area contributed by atoms with Crippen LogP contribution in [0.15, 0.2) is 0 Å². The van der Waals surface area contributed by atoms with Crippen LogP contribution in [-0.4, -0.2) is 112 Å². The molecule has 30 heavy (non-hydrogen) atoms. The van der Waals surface area contributed by atoms with Gasteiger partial charge in [0.05, 0.1) is 24.9 Å². The highest BCUT2D eigenvalue weighted by Gasteiger charge is 2.50. The van der Waals surface area contributed by atoms with Crippen molar-refractivity contribution < 1.29 is 44.5 Å². The smallest absolute Gasteiger partial charge is 0.187 e. The molecule has 6 aliphatic heterocycles. The van der Waals surface area contributed by atoms with Crippen molar-refractivity contribution in [2.75, 3.05) is 31.3 Å². The van der Waals surface area contributed by atoms with Crippen LogP contribution < -0.4 is 5.73 Å². The Bertz CT molecular complexity index is 516. The lowest BCUT2D eigenvalue weighted by molar-refractivity contribution is -0.351. The predicted molar refractivity (Wildman–Crippen MR) is 108 cm³/mol. The van der Waals surface area contributed by atoms with Gasteiger partial charge in [0.2, 0.25) is 0 Å². The molecule has 6 rings (SSSR count). The van der Waals surface area contributed by atoms with Crippen LogP contribution in [0.2, 0.25) is 0 Å². The predicted octanol–water partition coefficient (Wildman–Crippen LogP) is -1.84. The Morgan fingerprint density at radius 1 is 0.833 bits per heavy atom. The minimum atomic E-state index is -1.36. The van der Waals surface area contributed by atoms with Gasteiger partial charge in [-0.1, -0.05) is 12.8 Å². The van der Waals surface area contributed by atoms with Crippen molar-refractivity contribution in [2.45, 2.75) is 81.0 Å². The van der Waals surface area contributed by atoms with Crippen LogP contribution in [0.3, 0.4) is 0 Å². The minimum absolute atomic E-state index is 0.332. The summed E-state index contributed by atoms with van der Waals surface area (Å²) in [5.74, 6) is 0.657. The molecule has 176 valence electrons. The van der Waals surface area contributed by atoms with E-state index in [1.165, 1.54) is 11.8 Å². The Labute approximate surface area is 180 Å². The van der Waals surface area contributed by atoms with Crippen LogP contribution in [0.4, 0.5) is 0 Å². The summed E-state index contributed by atoms with van der Waals surface area (Å²) < 4.78 is 23.2. The van der Waals surface area contributed by atoms with Crippen molar-refractivity contribution in [2.24, 2.45) is 11.7 Å². The summed E-state index contributed by atoms with van der Waals surface area (Å²) in [5, 5.41) is 52.3. The van der Waals surface area contributed by atoms with Crippen LogP contribution in [0.25, 0.3) is 0 Å². The van der Waals surface area contributed by atoms with E-state index >= 15 is 0 Å². The zero-order valence-electron chi connectivity index (χ0n) is 17.0. The highest BCUT2D eigenvalue weighted by atomic mass is 32.2. The zero-order chi connectivity index (χ0) is 21.7. The molecule has 0 aromatic carbocycles. The molecule has 0 aromatic rings. The molecular weight excluding hydrogens is 418 g/mol. The van der Waals surface area contributed by atoms with E-state index in [9.17, 15) is 25.5 Å². The number of ether oxygens (including phenoxy) is 4. The molecule has 0 aliphatic carbocycles. The first-order chi connectivity index (χ1) is 14.5. The number of nitrogens with two attached hydrogens (primary N) is 1. The van der Waals surface area contributed by atoms with Gasteiger partial charge in [-0.2, -0.15) is 11.8 Å². The number of aliphatic hydroxyl groups is 5. The third-order valence-corrected chi connectivity index (χ3v) is 7.06. The molecule has 7 N–H and O–H groups in total. The first kappa shape index (κ1) is 24.6. The van der Waals surface area contributed by atoms with Gasteiger partial charge >= 0.3 is 0 Å². The highest BCUT2D eigenvalue weighted by Crippen LogP contribution is 2.34. The van der Waals surface area contributed by atoms with Gasteiger partial charge in [-0.05, 0) is 12.8 Å². The van der Waals surface area contributed by atoms with Gasteiger partial charge in [0.15, 0.2) is 12.6 Å². The van der Waals surface area contributed by atoms with Crippen molar-refractivity contribution in [3.63, 3.8) is 0 Å². The maximum Gasteiger partial charge on any atom is 0.187 e. The third kappa shape index (κ3) is 5.65. The summed E-state index contributed by atoms with van der Waals surface area (Å²) in [6.45, 7) is 0.493. The second-order valence-electron chi connectivity index (χ2n) is 8.08. The molecule has 0 saturated carbocycles. The van der Waals surface area contributed by atoms with E-state index in [2.05, 4.69) is 0 Å². The van der Waals surface area contributed by atoms with E-state index in [1.54, 1.807) is 0 Å². The molecule has 11 heteroatoms. The van der Waals surface area contributed by atoms with Gasteiger partial charge in [-0.15, -0.1) is 0 Å². The number of aliphatic hydroxyl groups excluding tert-OH is 5. The molecule has 10 atom stereocenters. The Morgan fingerprint density at radius 3 is 2.30 bits per heavy atom. The van der Waals surface area contributed by atoms with Gasteiger partial charge in [0.25, 0.3) is 0 Å². The molecular formula is C19H35NO9S. The molecule has 0 amide bonds. The Hall–Kier alpha value is -0.0500. The molecule has 4 bridgehead atoms. The molecule has 6 fully saturated rings. The summed E-state index contributed by atoms with van der Waals surface area (Å²) in [4.78, 5) is 0. The average Bonchev–Trinajstić information content (AvgIpc) is 2.75. The van der Waals surface area contributed by atoms with E-state index < -0.39 is 61.2 Å². The van der Waals surface area contributed by atoms with Gasteiger partial charge in [0, 0.05) is 30.6 Å². The van der Waals surface area contributed by atoms with Gasteiger partial charge in [-0.3, -0.25) is 0 Å². The fourth-order valence-corrected chi connectivity index (χ4v) is 5.11. The molecule has 8 unspecified atom stereocenters. The number of hydrogen-bond acceptors (Lipinski definition) is 11. The van der Waals surface area contributed by atoms with Crippen molar-refractivity contribution in [1.29, 1.82) is 0 Å². The maximum atomic E-state index is 10.7. The van der Waals surface area contributed by atoms with Crippen molar-refractivity contribution in [1.82, 2.24) is 0 Å². The molecule has 6 heterocycles. The maximum absolute atomic E-state index is 10.7. The van der Waals surface area contributed by atoms with Crippen LogP contribution in [0.1, 0.15) is 25.7 Å². The van der Waals surface area contributed by atoms with E-state index in [0.29, 0.717) is 37.5 Å². The van der Waals surface area contributed by atoms with Gasteiger partial charge in [0.1, 0.15) is 24.4 Å². The van der Waals surface area contributed by atoms with Crippen LogP contribution >= 0.6 is 11.8 Å². The lowest BCUT2D eigenvalue weighted by Crippen LogP contribution is -2.63.